The Hall–Kier alpha value is -2.35. The minimum Gasteiger partial charge on any atom is -0.388 e. The van der Waals surface area contributed by atoms with Gasteiger partial charge in [-0.15, -0.1) is 10.2 Å². The number of nitro benzene ring substituents is 1. The highest BCUT2D eigenvalue weighted by atomic mass is 16.6. The molecule has 100 valence electrons. The van der Waals surface area contributed by atoms with E-state index in [-0.39, 0.29) is 18.1 Å². The first kappa shape index (κ1) is 13.1. The molecule has 0 aliphatic rings. The Morgan fingerprint density at radius 3 is 2.84 bits per heavy atom. The second-order valence-electron chi connectivity index (χ2n) is 4.76. The summed E-state index contributed by atoms with van der Waals surface area (Å²) in [6.45, 7) is 3.45. The van der Waals surface area contributed by atoms with Gasteiger partial charge in [0.25, 0.3) is 5.69 Å². The van der Waals surface area contributed by atoms with Crippen molar-refractivity contribution in [2.75, 3.05) is 0 Å². The molecule has 0 bridgehead atoms. The number of aliphatic hydroxyl groups is 1. The van der Waals surface area contributed by atoms with Gasteiger partial charge < -0.3 is 5.11 Å². The van der Waals surface area contributed by atoms with Crippen molar-refractivity contribution < 1.29 is 10.0 Å². The van der Waals surface area contributed by atoms with E-state index in [0.717, 1.165) is 0 Å². The van der Waals surface area contributed by atoms with Crippen molar-refractivity contribution in [3.63, 3.8) is 0 Å². The van der Waals surface area contributed by atoms with Crippen LogP contribution in [0.1, 0.15) is 13.8 Å². The fraction of sp³-hybridized carbons (Fsp3) is 0.364. The Bertz CT molecular complexity index is 602. The zero-order valence-electron chi connectivity index (χ0n) is 10.5. The number of nitrogens with zero attached hydrogens (tertiary/aromatic N) is 5. The van der Waals surface area contributed by atoms with Crippen LogP contribution in [0.3, 0.4) is 0 Å². The molecule has 1 aromatic carbocycles. The van der Waals surface area contributed by atoms with Crippen molar-refractivity contribution in [2.45, 2.75) is 26.0 Å². The van der Waals surface area contributed by atoms with Gasteiger partial charge >= 0.3 is 0 Å². The van der Waals surface area contributed by atoms with E-state index in [1.54, 1.807) is 26.0 Å². The van der Waals surface area contributed by atoms with Gasteiger partial charge in [-0.3, -0.25) is 10.1 Å². The van der Waals surface area contributed by atoms with Gasteiger partial charge in [0.2, 0.25) is 5.82 Å². The smallest absolute Gasteiger partial charge is 0.270 e. The van der Waals surface area contributed by atoms with Gasteiger partial charge in [0.15, 0.2) is 0 Å². The van der Waals surface area contributed by atoms with Crippen LogP contribution in [0.15, 0.2) is 24.3 Å². The molecule has 0 unspecified atom stereocenters. The maximum atomic E-state index is 10.7. The summed E-state index contributed by atoms with van der Waals surface area (Å²) in [4.78, 5) is 11.5. The first-order chi connectivity index (χ1) is 8.85. The third-order valence-corrected chi connectivity index (χ3v) is 2.30. The van der Waals surface area contributed by atoms with Crippen molar-refractivity contribution in [3.8, 4) is 11.4 Å². The number of benzene rings is 1. The third-order valence-electron chi connectivity index (χ3n) is 2.30. The molecular weight excluding hydrogens is 250 g/mol. The normalized spacial score (nSPS) is 11.5. The van der Waals surface area contributed by atoms with E-state index in [2.05, 4.69) is 15.4 Å². The van der Waals surface area contributed by atoms with E-state index in [4.69, 9.17) is 0 Å². The highest BCUT2D eigenvalue weighted by molar-refractivity contribution is 5.58. The van der Waals surface area contributed by atoms with Crippen LogP contribution in [0.4, 0.5) is 5.69 Å². The Balaban J connectivity index is 2.28. The number of aromatic nitrogens is 4. The Morgan fingerprint density at radius 1 is 1.47 bits per heavy atom. The van der Waals surface area contributed by atoms with Gasteiger partial charge in [-0.1, -0.05) is 12.1 Å². The van der Waals surface area contributed by atoms with Gasteiger partial charge in [0, 0.05) is 17.7 Å². The minimum absolute atomic E-state index is 0.0312. The number of hydrogen-bond donors (Lipinski definition) is 1. The van der Waals surface area contributed by atoms with Crippen LogP contribution in [0, 0.1) is 10.1 Å². The second kappa shape index (κ2) is 4.73. The van der Waals surface area contributed by atoms with Gasteiger partial charge in [-0.05, 0) is 19.1 Å². The first-order valence-corrected chi connectivity index (χ1v) is 5.60. The van der Waals surface area contributed by atoms with Gasteiger partial charge in [0.1, 0.15) is 0 Å². The van der Waals surface area contributed by atoms with Crippen molar-refractivity contribution in [2.24, 2.45) is 0 Å². The predicted molar refractivity (Wildman–Crippen MR) is 66.2 cm³/mol. The van der Waals surface area contributed by atoms with Crippen molar-refractivity contribution >= 4 is 5.69 Å². The van der Waals surface area contributed by atoms with E-state index in [1.807, 2.05) is 0 Å². The van der Waals surface area contributed by atoms with Crippen LogP contribution >= 0.6 is 0 Å². The monoisotopic (exact) mass is 263 g/mol. The van der Waals surface area contributed by atoms with Crippen LogP contribution in [-0.2, 0) is 6.54 Å². The third kappa shape index (κ3) is 3.32. The van der Waals surface area contributed by atoms with E-state index in [1.165, 1.54) is 16.9 Å². The average molecular weight is 263 g/mol. The lowest BCUT2D eigenvalue weighted by Gasteiger charge is -2.14. The zero-order valence-corrected chi connectivity index (χ0v) is 10.5. The molecule has 19 heavy (non-hydrogen) atoms. The van der Waals surface area contributed by atoms with E-state index in [0.29, 0.717) is 5.56 Å². The lowest BCUT2D eigenvalue weighted by atomic mass is 10.1. The molecule has 1 aromatic heterocycles. The van der Waals surface area contributed by atoms with Crippen LogP contribution in [0.25, 0.3) is 11.4 Å². The Kier molecular flexibility index (Phi) is 3.26. The van der Waals surface area contributed by atoms with Crippen molar-refractivity contribution in [1.82, 2.24) is 20.2 Å². The van der Waals surface area contributed by atoms with Gasteiger partial charge in [-0.2, -0.15) is 4.80 Å². The lowest BCUT2D eigenvalue weighted by Crippen LogP contribution is -2.27. The van der Waals surface area contributed by atoms with Crippen LogP contribution in [-0.4, -0.2) is 35.8 Å². The summed E-state index contributed by atoms with van der Waals surface area (Å²) < 4.78 is 0. The molecular formula is C11H13N5O3. The largest absolute Gasteiger partial charge is 0.388 e. The quantitative estimate of drug-likeness (QED) is 0.651. The number of nitro groups is 1. The summed E-state index contributed by atoms with van der Waals surface area (Å²) in [5, 5.41) is 32.0. The van der Waals surface area contributed by atoms with Crippen LogP contribution in [0.2, 0.25) is 0 Å². The maximum absolute atomic E-state index is 10.7. The van der Waals surface area contributed by atoms with Gasteiger partial charge in [-0.25, -0.2) is 0 Å². The molecule has 1 N–H and O–H groups in total. The molecule has 1 heterocycles. The summed E-state index contributed by atoms with van der Waals surface area (Å²) in [7, 11) is 0. The Labute approximate surface area is 108 Å². The average Bonchev–Trinajstić information content (AvgIpc) is 2.75. The second-order valence-corrected chi connectivity index (χ2v) is 4.76. The molecule has 0 aliphatic heterocycles. The zero-order chi connectivity index (χ0) is 14.0. The van der Waals surface area contributed by atoms with Crippen molar-refractivity contribution in [3.05, 3.63) is 34.4 Å². The molecule has 0 radical (unpaired) electrons. The number of hydrogen-bond acceptors (Lipinski definition) is 6. The summed E-state index contributed by atoms with van der Waals surface area (Å²) in [6, 6.07) is 6.00. The molecule has 0 saturated carbocycles. The summed E-state index contributed by atoms with van der Waals surface area (Å²) in [5.74, 6) is 0.285. The number of tetrazole rings is 1. The molecule has 0 amide bonds. The predicted octanol–water partition coefficient (Wildman–Crippen LogP) is 1.02. The molecule has 0 spiro atoms. The molecule has 0 fully saturated rings. The molecule has 8 nitrogen and oxygen atoms in total. The van der Waals surface area contributed by atoms with E-state index < -0.39 is 10.5 Å². The highest BCUT2D eigenvalue weighted by Gasteiger charge is 2.17. The summed E-state index contributed by atoms with van der Waals surface area (Å²) in [6.07, 6.45) is 0. The minimum atomic E-state index is -0.958. The molecule has 0 aliphatic carbocycles. The van der Waals surface area contributed by atoms with Crippen molar-refractivity contribution in [1.29, 1.82) is 0 Å². The standard InChI is InChI=1S/C11H13N5O3/c1-11(2,17)7-15-13-10(12-14-15)8-4-3-5-9(6-8)16(18)19/h3-6,17H,7H2,1-2H3. The van der Waals surface area contributed by atoms with Crippen LogP contribution < -0.4 is 0 Å². The van der Waals surface area contributed by atoms with E-state index in [9.17, 15) is 15.2 Å². The molecule has 0 atom stereocenters. The number of non-ortho nitro benzene ring substituents is 1. The van der Waals surface area contributed by atoms with Crippen LogP contribution in [0.5, 0.6) is 0 Å². The summed E-state index contributed by atoms with van der Waals surface area (Å²) in [5.41, 5.74) is -0.478. The highest BCUT2D eigenvalue weighted by Crippen LogP contribution is 2.20. The molecule has 2 aromatic rings. The molecule has 2 rings (SSSR count). The summed E-state index contributed by atoms with van der Waals surface area (Å²) >= 11 is 0. The number of rotatable bonds is 4. The fourth-order valence-corrected chi connectivity index (χ4v) is 1.53. The maximum Gasteiger partial charge on any atom is 0.270 e. The molecule has 8 heteroatoms. The van der Waals surface area contributed by atoms with E-state index >= 15 is 0 Å². The van der Waals surface area contributed by atoms with Gasteiger partial charge in [0.05, 0.1) is 17.1 Å². The molecule has 0 saturated heterocycles. The first-order valence-electron chi connectivity index (χ1n) is 5.60. The lowest BCUT2D eigenvalue weighted by molar-refractivity contribution is -0.384. The Morgan fingerprint density at radius 2 is 2.21 bits per heavy atom. The SMILES string of the molecule is CC(C)(O)Cn1nnc(-c2cccc([N+](=O)[O-])c2)n1. The fourth-order valence-electron chi connectivity index (χ4n) is 1.53. The topological polar surface area (TPSA) is 107 Å².